The molecule has 1 fully saturated rings. The van der Waals surface area contributed by atoms with Gasteiger partial charge in [0, 0.05) is 24.8 Å². The van der Waals surface area contributed by atoms with Crippen LogP contribution >= 0.6 is 0 Å². The first kappa shape index (κ1) is 12.5. The summed E-state index contributed by atoms with van der Waals surface area (Å²) in [7, 11) is 0. The van der Waals surface area contributed by atoms with Crippen molar-refractivity contribution in [1.82, 2.24) is 9.88 Å². The van der Waals surface area contributed by atoms with Crippen LogP contribution in [0.4, 0.5) is 0 Å². The van der Waals surface area contributed by atoms with Crippen LogP contribution in [-0.2, 0) is 6.54 Å². The minimum absolute atomic E-state index is 0.275. The number of aromatic nitrogens is 1. The predicted octanol–water partition coefficient (Wildman–Crippen LogP) is 2.03. The van der Waals surface area contributed by atoms with Crippen molar-refractivity contribution in [3.8, 4) is 0 Å². The number of likely N-dealkylation sites (tertiary alicyclic amines) is 1. The lowest BCUT2D eigenvalue weighted by molar-refractivity contribution is 0.164. The molecule has 1 unspecified atom stereocenters. The summed E-state index contributed by atoms with van der Waals surface area (Å²) in [5.74, 6) is 0.749. The Balaban J connectivity index is 2.01. The summed E-state index contributed by atoms with van der Waals surface area (Å²) in [6.45, 7) is 7.56. The summed E-state index contributed by atoms with van der Waals surface area (Å²) < 4.78 is 0. The van der Waals surface area contributed by atoms with Crippen LogP contribution in [0.3, 0.4) is 0 Å². The number of hydrogen-bond donors (Lipinski definition) is 1. The predicted molar refractivity (Wildman–Crippen MR) is 70.5 cm³/mol. The van der Waals surface area contributed by atoms with Gasteiger partial charge < -0.3 is 5.73 Å². The molecule has 3 nitrogen and oxygen atoms in total. The van der Waals surface area contributed by atoms with Crippen LogP contribution in [0.5, 0.6) is 0 Å². The van der Waals surface area contributed by atoms with E-state index in [4.69, 9.17) is 5.73 Å². The monoisotopic (exact) mass is 233 g/mol. The van der Waals surface area contributed by atoms with Crippen molar-refractivity contribution in [1.29, 1.82) is 0 Å². The molecule has 1 atom stereocenters. The molecule has 1 aliphatic rings. The Hall–Kier alpha value is -0.930. The maximum absolute atomic E-state index is 5.66. The van der Waals surface area contributed by atoms with Gasteiger partial charge in [-0.15, -0.1) is 0 Å². The molecular weight excluding hydrogens is 210 g/mol. The first-order valence-electron chi connectivity index (χ1n) is 6.47. The molecule has 1 saturated heterocycles. The molecule has 2 rings (SSSR count). The summed E-state index contributed by atoms with van der Waals surface area (Å²) >= 11 is 0. The van der Waals surface area contributed by atoms with E-state index < -0.39 is 0 Å². The zero-order chi connectivity index (χ0) is 12.3. The fourth-order valence-electron chi connectivity index (χ4n) is 2.85. The van der Waals surface area contributed by atoms with Gasteiger partial charge >= 0.3 is 0 Å². The Kier molecular flexibility index (Phi) is 3.79. The van der Waals surface area contributed by atoms with Gasteiger partial charge in [-0.25, -0.2) is 0 Å². The Labute approximate surface area is 104 Å². The van der Waals surface area contributed by atoms with E-state index in [-0.39, 0.29) is 5.54 Å². The van der Waals surface area contributed by atoms with E-state index >= 15 is 0 Å². The molecule has 1 aliphatic heterocycles. The third kappa shape index (κ3) is 3.05. The topological polar surface area (TPSA) is 42.1 Å². The van der Waals surface area contributed by atoms with Crippen molar-refractivity contribution < 1.29 is 0 Å². The molecule has 0 radical (unpaired) electrons. The third-order valence-corrected chi connectivity index (χ3v) is 3.78. The Morgan fingerprint density at radius 2 is 2.29 bits per heavy atom. The molecule has 94 valence electrons. The van der Waals surface area contributed by atoms with Crippen LogP contribution < -0.4 is 5.73 Å². The second-order valence-corrected chi connectivity index (χ2v) is 5.66. The Bertz CT molecular complexity index is 348. The highest BCUT2D eigenvalue weighted by molar-refractivity contribution is 5.05. The molecule has 2 heterocycles. The first-order chi connectivity index (χ1) is 8.12. The number of rotatable bonds is 4. The molecule has 0 bridgehead atoms. The summed E-state index contributed by atoms with van der Waals surface area (Å²) in [5, 5.41) is 0. The minimum Gasteiger partial charge on any atom is -0.330 e. The molecule has 0 aliphatic carbocycles. The van der Waals surface area contributed by atoms with Gasteiger partial charge in [0.2, 0.25) is 0 Å². The standard InChI is InChI=1S/C14H23N3/c1-14(2)9-12(6-7-15)10-17(14)11-13-5-3-4-8-16-13/h3-5,8,12H,6-7,9-11,15H2,1-2H3. The van der Waals surface area contributed by atoms with E-state index in [1.165, 1.54) is 6.42 Å². The van der Waals surface area contributed by atoms with Crippen molar-refractivity contribution in [2.45, 2.75) is 38.8 Å². The van der Waals surface area contributed by atoms with E-state index in [0.29, 0.717) is 0 Å². The average Bonchev–Trinajstić information content (AvgIpc) is 2.55. The van der Waals surface area contributed by atoms with Crippen molar-refractivity contribution >= 4 is 0 Å². The lowest BCUT2D eigenvalue weighted by atomic mass is 9.94. The first-order valence-corrected chi connectivity index (χ1v) is 6.47. The van der Waals surface area contributed by atoms with Crippen LogP contribution in [0, 0.1) is 5.92 Å². The fourth-order valence-corrected chi connectivity index (χ4v) is 2.85. The van der Waals surface area contributed by atoms with Crippen molar-refractivity contribution in [2.75, 3.05) is 13.1 Å². The van der Waals surface area contributed by atoms with Gasteiger partial charge in [-0.2, -0.15) is 0 Å². The highest BCUT2D eigenvalue weighted by Crippen LogP contribution is 2.34. The SMILES string of the molecule is CC1(C)CC(CCN)CN1Cc1ccccn1. The van der Waals surface area contributed by atoms with Gasteiger partial charge in [-0.1, -0.05) is 6.07 Å². The van der Waals surface area contributed by atoms with Crippen molar-refractivity contribution in [3.63, 3.8) is 0 Å². The van der Waals surface area contributed by atoms with Gasteiger partial charge in [0.05, 0.1) is 5.69 Å². The molecule has 1 aromatic rings. The van der Waals surface area contributed by atoms with Crippen LogP contribution in [0.15, 0.2) is 24.4 Å². The summed E-state index contributed by atoms with van der Waals surface area (Å²) in [6.07, 6.45) is 4.26. The zero-order valence-electron chi connectivity index (χ0n) is 10.9. The van der Waals surface area contributed by atoms with E-state index in [9.17, 15) is 0 Å². The molecular formula is C14H23N3. The highest BCUT2D eigenvalue weighted by atomic mass is 15.2. The molecule has 0 spiro atoms. The third-order valence-electron chi connectivity index (χ3n) is 3.78. The van der Waals surface area contributed by atoms with Gasteiger partial charge in [-0.3, -0.25) is 9.88 Å². The summed E-state index contributed by atoms with van der Waals surface area (Å²) in [5.41, 5.74) is 7.10. The second-order valence-electron chi connectivity index (χ2n) is 5.66. The van der Waals surface area contributed by atoms with Gasteiger partial charge in [0.1, 0.15) is 0 Å². The molecule has 17 heavy (non-hydrogen) atoms. The Morgan fingerprint density at radius 1 is 1.47 bits per heavy atom. The quantitative estimate of drug-likeness (QED) is 0.865. The van der Waals surface area contributed by atoms with E-state index in [1.807, 2.05) is 12.3 Å². The number of hydrogen-bond acceptors (Lipinski definition) is 3. The molecule has 2 N–H and O–H groups in total. The van der Waals surface area contributed by atoms with Crippen LogP contribution in [0.1, 0.15) is 32.4 Å². The highest BCUT2D eigenvalue weighted by Gasteiger charge is 2.37. The van der Waals surface area contributed by atoms with Crippen molar-refractivity contribution in [3.05, 3.63) is 30.1 Å². The Morgan fingerprint density at radius 3 is 2.94 bits per heavy atom. The largest absolute Gasteiger partial charge is 0.330 e. The van der Waals surface area contributed by atoms with Crippen molar-refractivity contribution in [2.24, 2.45) is 11.7 Å². The minimum atomic E-state index is 0.275. The summed E-state index contributed by atoms with van der Waals surface area (Å²) in [6, 6.07) is 6.13. The molecule has 0 aromatic carbocycles. The lowest BCUT2D eigenvalue weighted by Crippen LogP contribution is -2.37. The molecule has 0 saturated carbocycles. The number of nitrogens with zero attached hydrogens (tertiary/aromatic N) is 2. The lowest BCUT2D eigenvalue weighted by Gasteiger charge is -2.31. The van der Waals surface area contributed by atoms with E-state index in [1.54, 1.807) is 0 Å². The number of pyridine rings is 1. The molecule has 3 heteroatoms. The maximum Gasteiger partial charge on any atom is 0.0544 e. The fraction of sp³-hybridized carbons (Fsp3) is 0.643. The summed E-state index contributed by atoms with van der Waals surface area (Å²) in [4.78, 5) is 6.95. The smallest absolute Gasteiger partial charge is 0.0544 e. The van der Waals surface area contributed by atoms with Crippen LogP contribution in [0.2, 0.25) is 0 Å². The van der Waals surface area contributed by atoms with E-state index in [2.05, 4.69) is 35.9 Å². The van der Waals surface area contributed by atoms with E-state index in [0.717, 1.165) is 37.7 Å². The van der Waals surface area contributed by atoms with Gasteiger partial charge in [-0.05, 0) is 51.3 Å². The van der Waals surface area contributed by atoms with Crippen LogP contribution in [0.25, 0.3) is 0 Å². The van der Waals surface area contributed by atoms with Gasteiger partial charge in [0.15, 0.2) is 0 Å². The van der Waals surface area contributed by atoms with Crippen LogP contribution in [-0.4, -0.2) is 28.5 Å². The maximum atomic E-state index is 5.66. The molecule has 1 aromatic heterocycles. The number of nitrogens with two attached hydrogens (primary N) is 1. The molecule has 0 amide bonds. The zero-order valence-corrected chi connectivity index (χ0v) is 10.9. The normalized spacial score (nSPS) is 24.1. The van der Waals surface area contributed by atoms with Gasteiger partial charge in [0.25, 0.3) is 0 Å². The second kappa shape index (κ2) is 5.15. The average molecular weight is 233 g/mol.